The number of benzene rings is 1. The van der Waals surface area contributed by atoms with Crippen LogP contribution in [0.5, 0.6) is 0 Å². The van der Waals surface area contributed by atoms with Gasteiger partial charge in [0.15, 0.2) is 0 Å². The van der Waals surface area contributed by atoms with Gasteiger partial charge in [0.2, 0.25) is 5.82 Å². The van der Waals surface area contributed by atoms with Crippen LogP contribution in [0.1, 0.15) is 21.7 Å². The number of nitriles is 1. The van der Waals surface area contributed by atoms with Gasteiger partial charge in [-0.15, -0.1) is 10.2 Å². The third kappa shape index (κ3) is 4.15. The van der Waals surface area contributed by atoms with Crippen LogP contribution in [0.3, 0.4) is 0 Å². The molecule has 0 aliphatic heterocycles. The predicted octanol–water partition coefficient (Wildman–Crippen LogP) is 0.861. The molecule has 2 aromatic rings. The summed E-state index contributed by atoms with van der Waals surface area (Å²) in [5.41, 5.74) is 2.22. The lowest BCUT2D eigenvalue weighted by Crippen LogP contribution is -2.27. The lowest BCUT2D eigenvalue weighted by atomic mass is 10.1. The Morgan fingerprint density at radius 3 is 3.00 bits per heavy atom. The average molecular weight is 327 g/mol. The minimum Gasteiger partial charge on any atom is -0.383 e. The SMILES string of the molecule is COCCNC(=O)c1cccc(NC=C(C#N)c2nn[nH]n2)c1C. The van der Waals surface area contributed by atoms with Gasteiger partial charge in [-0.3, -0.25) is 4.79 Å². The number of amides is 1. The van der Waals surface area contributed by atoms with Crippen molar-refractivity contribution in [3.8, 4) is 6.07 Å². The maximum atomic E-state index is 12.2. The molecule has 0 unspecified atom stereocenters. The number of tetrazole rings is 1. The van der Waals surface area contributed by atoms with E-state index in [-0.39, 0.29) is 17.3 Å². The molecule has 9 heteroatoms. The van der Waals surface area contributed by atoms with Crippen LogP contribution in [0.25, 0.3) is 5.57 Å². The average Bonchev–Trinajstić information content (AvgIpc) is 3.11. The molecule has 0 aliphatic carbocycles. The summed E-state index contributed by atoms with van der Waals surface area (Å²) in [6, 6.07) is 7.29. The smallest absolute Gasteiger partial charge is 0.251 e. The van der Waals surface area contributed by atoms with Gasteiger partial charge < -0.3 is 15.4 Å². The van der Waals surface area contributed by atoms with Gasteiger partial charge in [-0.1, -0.05) is 6.07 Å². The number of carbonyl (C=O) groups excluding carboxylic acids is 1. The van der Waals surface area contributed by atoms with E-state index in [9.17, 15) is 4.79 Å². The summed E-state index contributed by atoms with van der Waals surface area (Å²) in [5, 5.41) is 28.1. The Bertz CT molecular complexity index is 763. The van der Waals surface area contributed by atoms with Gasteiger partial charge in [0, 0.05) is 31.1 Å². The zero-order valence-corrected chi connectivity index (χ0v) is 13.3. The molecule has 1 heterocycles. The summed E-state index contributed by atoms with van der Waals surface area (Å²) in [6.45, 7) is 2.70. The van der Waals surface area contributed by atoms with E-state index in [0.717, 1.165) is 5.56 Å². The molecule has 9 nitrogen and oxygen atoms in total. The van der Waals surface area contributed by atoms with Crippen molar-refractivity contribution in [2.24, 2.45) is 0 Å². The molecule has 0 saturated heterocycles. The topological polar surface area (TPSA) is 129 Å². The zero-order chi connectivity index (χ0) is 17.4. The van der Waals surface area contributed by atoms with Gasteiger partial charge in [-0.2, -0.15) is 10.5 Å². The summed E-state index contributed by atoms with van der Waals surface area (Å²) in [7, 11) is 1.57. The largest absolute Gasteiger partial charge is 0.383 e. The molecule has 0 fully saturated rings. The first-order chi connectivity index (χ1) is 11.7. The van der Waals surface area contributed by atoms with Crippen LogP contribution in [-0.2, 0) is 4.74 Å². The second-order valence-corrected chi connectivity index (χ2v) is 4.78. The highest BCUT2D eigenvalue weighted by Crippen LogP contribution is 2.20. The molecule has 0 atom stereocenters. The molecule has 3 N–H and O–H groups in total. The number of hydrogen-bond donors (Lipinski definition) is 3. The van der Waals surface area contributed by atoms with Crippen molar-refractivity contribution in [3.63, 3.8) is 0 Å². The van der Waals surface area contributed by atoms with Crippen LogP contribution in [0, 0.1) is 18.3 Å². The second-order valence-electron chi connectivity index (χ2n) is 4.78. The van der Waals surface area contributed by atoms with Gasteiger partial charge in [0.25, 0.3) is 5.91 Å². The predicted molar refractivity (Wildman–Crippen MR) is 86.8 cm³/mol. The molecule has 2 rings (SSSR count). The van der Waals surface area contributed by atoms with Crippen LogP contribution in [0.4, 0.5) is 5.69 Å². The van der Waals surface area contributed by atoms with Crippen molar-refractivity contribution in [1.82, 2.24) is 25.9 Å². The summed E-state index contributed by atoms with van der Waals surface area (Å²) in [4.78, 5) is 12.2. The van der Waals surface area contributed by atoms with Crippen molar-refractivity contribution in [1.29, 1.82) is 5.26 Å². The molecule has 0 aliphatic rings. The van der Waals surface area contributed by atoms with Gasteiger partial charge in [-0.25, -0.2) is 0 Å². The number of aromatic amines is 1. The highest BCUT2D eigenvalue weighted by Gasteiger charge is 2.11. The molecule has 0 bridgehead atoms. The highest BCUT2D eigenvalue weighted by molar-refractivity contribution is 5.97. The highest BCUT2D eigenvalue weighted by atomic mass is 16.5. The lowest BCUT2D eigenvalue weighted by molar-refractivity contribution is 0.0936. The van der Waals surface area contributed by atoms with E-state index in [1.165, 1.54) is 6.20 Å². The van der Waals surface area contributed by atoms with Crippen LogP contribution in [0.2, 0.25) is 0 Å². The molecule has 24 heavy (non-hydrogen) atoms. The van der Waals surface area contributed by atoms with E-state index in [1.54, 1.807) is 19.2 Å². The number of carbonyl (C=O) groups is 1. The second kappa shape index (κ2) is 8.40. The fraction of sp³-hybridized carbons (Fsp3) is 0.267. The number of hydrogen-bond acceptors (Lipinski definition) is 7. The molecular weight excluding hydrogens is 310 g/mol. The van der Waals surface area contributed by atoms with Gasteiger partial charge >= 0.3 is 0 Å². The Kier molecular flexibility index (Phi) is 5.99. The maximum Gasteiger partial charge on any atom is 0.251 e. The van der Waals surface area contributed by atoms with Crippen LogP contribution < -0.4 is 10.6 Å². The molecule has 0 saturated carbocycles. The summed E-state index contributed by atoms with van der Waals surface area (Å²) in [5.74, 6) is 0.00645. The summed E-state index contributed by atoms with van der Waals surface area (Å²) < 4.78 is 4.91. The maximum absolute atomic E-state index is 12.2. The number of nitrogens with one attached hydrogen (secondary N) is 3. The number of anilines is 1. The molecule has 1 aromatic carbocycles. The lowest BCUT2D eigenvalue weighted by Gasteiger charge is -2.11. The third-order valence-electron chi connectivity index (χ3n) is 3.25. The number of rotatable bonds is 7. The minimum atomic E-state index is -0.184. The normalized spacial score (nSPS) is 11.0. The molecule has 124 valence electrons. The number of nitrogens with zero attached hydrogens (tertiary/aromatic N) is 4. The van der Waals surface area contributed by atoms with Crippen molar-refractivity contribution < 1.29 is 9.53 Å². The van der Waals surface area contributed by atoms with Crippen LogP contribution in [-0.4, -0.2) is 46.8 Å². The van der Waals surface area contributed by atoms with Gasteiger partial charge in [0.05, 0.1) is 6.61 Å². The van der Waals surface area contributed by atoms with E-state index in [4.69, 9.17) is 10.00 Å². The van der Waals surface area contributed by atoms with Crippen molar-refractivity contribution >= 4 is 17.2 Å². The fourth-order valence-corrected chi connectivity index (χ4v) is 1.97. The standard InChI is InChI=1S/C15H17N7O2/c1-10-12(15(23)17-6-7-24-2)4-3-5-13(10)18-9-11(8-16)14-19-21-22-20-14/h3-5,9,18H,6-7H2,1-2H3,(H,17,23)(H,19,20,21,22). The summed E-state index contributed by atoms with van der Waals surface area (Å²) in [6.07, 6.45) is 1.47. The van der Waals surface area contributed by atoms with Crippen molar-refractivity contribution in [3.05, 3.63) is 41.4 Å². The van der Waals surface area contributed by atoms with Gasteiger partial charge in [-0.05, 0) is 29.8 Å². The van der Waals surface area contributed by atoms with E-state index in [1.807, 2.05) is 19.1 Å². The number of H-pyrrole nitrogens is 1. The number of allylic oxidation sites excluding steroid dienone is 1. The molecule has 0 spiro atoms. The third-order valence-corrected chi connectivity index (χ3v) is 3.25. The van der Waals surface area contributed by atoms with E-state index >= 15 is 0 Å². The monoisotopic (exact) mass is 327 g/mol. The van der Waals surface area contributed by atoms with E-state index < -0.39 is 0 Å². The Balaban J connectivity index is 2.16. The van der Waals surface area contributed by atoms with Crippen molar-refractivity contribution in [2.75, 3.05) is 25.6 Å². The molecule has 0 radical (unpaired) electrons. The fourth-order valence-electron chi connectivity index (χ4n) is 1.97. The van der Waals surface area contributed by atoms with E-state index in [0.29, 0.717) is 24.4 Å². The van der Waals surface area contributed by atoms with Gasteiger partial charge in [0.1, 0.15) is 11.6 Å². The molecule has 1 aromatic heterocycles. The first-order valence-corrected chi connectivity index (χ1v) is 7.14. The van der Waals surface area contributed by atoms with Crippen LogP contribution in [0.15, 0.2) is 24.4 Å². The Hall–Kier alpha value is -3.25. The quantitative estimate of drug-likeness (QED) is 0.508. The minimum absolute atomic E-state index is 0.184. The summed E-state index contributed by atoms with van der Waals surface area (Å²) >= 11 is 0. The first kappa shape index (κ1) is 17.1. The van der Waals surface area contributed by atoms with E-state index in [2.05, 4.69) is 31.3 Å². The van der Waals surface area contributed by atoms with Crippen molar-refractivity contribution in [2.45, 2.75) is 6.92 Å². The Morgan fingerprint density at radius 1 is 1.50 bits per heavy atom. The Labute approximate surface area is 138 Å². The number of ether oxygens (including phenoxy) is 1. The Morgan fingerprint density at radius 2 is 2.33 bits per heavy atom. The number of aromatic nitrogens is 4. The van der Waals surface area contributed by atoms with Crippen LogP contribution >= 0.6 is 0 Å². The number of methoxy groups -OCH3 is 1. The molecule has 1 amide bonds. The molecular formula is C15H17N7O2. The zero-order valence-electron chi connectivity index (χ0n) is 13.3. The first-order valence-electron chi connectivity index (χ1n) is 7.14.